The van der Waals surface area contributed by atoms with Crippen molar-refractivity contribution in [3.63, 3.8) is 0 Å². The number of thioether (sulfide) groups is 1. The maximum Gasteiger partial charge on any atom is 0.230 e. The summed E-state index contributed by atoms with van der Waals surface area (Å²) in [6, 6.07) is 19.6. The lowest BCUT2D eigenvalue weighted by Gasteiger charge is -2.10. The van der Waals surface area contributed by atoms with Crippen LogP contribution in [-0.4, -0.2) is 33.5 Å². The van der Waals surface area contributed by atoms with Crippen LogP contribution in [-0.2, 0) is 17.9 Å². The number of benzene rings is 2. The standard InChI is InChI=1S/C24H24N4O3S/c1-17-10-11-19(13-21(17)30-2)14-25-22(29)16-32-24-27-26-23(20-9-6-12-31-20)28(24)15-18-7-4-3-5-8-18/h3-13H,14-16H2,1-2H3,(H,25,29). The third-order valence-corrected chi connectivity index (χ3v) is 5.90. The first-order valence-corrected chi connectivity index (χ1v) is 11.2. The summed E-state index contributed by atoms with van der Waals surface area (Å²) in [5.74, 6) is 2.23. The fraction of sp³-hybridized carbons (Fsp3) is 0.208. The minimum atomic E-state index is -0.0802. The molecule has 1 amide bonds. The van der Waals surface area contributed by atoms with Gasteiger partial charge in [0.1, 0.15) is 5.75 Å². The maximum absolute atomic E-state index is 12.5. The highest BCUT2D eigenvalue weighted by Crippen LogP contribution is 2.25. The molecular formula is C24H24N4O3S. The summed E-state index contributed by atoms with van der Waals surface area (Å²) in [5, 5.41) is 12.2. The average molecular weight is 449 g/mol. The Kier molecular flexibility index (Phi) is 6.91. The summed E-state index contributed by atoms with van der Waals surface area (Å²) in [6.45, 7) is 3.00. The molecule has 164 valence electrons. The SMILES string of the molecule is COc1cc(CNC(=O)CSc2nnc(-c3ccco3)n2Cc2ccccc2)ccc1C. The molecule has 0 fully saturated rings. The van der Waals surface area contributed by atoms with Crippen molar-refractivity contribution in [2.45, 2.75) is 25.2 Å². The van der Waals surface area contributed by atoms with Crippen molar-refractivity contribution in [2.75, 3.05) is 12.9 Å². The number of hydrogen-bond donors (Lipinski definition) is 1. The number of aryl methyl sites for hydroxylation is 1. The van der Waals surface area contributed by atoms with Gasteiger partial charge in [-0.05, 0) is 41.8 Å². The number of furan rings is 1. The summed E-state index contributed by atoms with van der Waals surface area (Å²) in [4.78, 5) is 12.5. The monoisotopic (exact) mass is 448 g/mol. The van der Waals surface area contributed by atoms with Crippen LogP contribution in [0.25, 0.3) is 11.6 Å². The first kappa shape index (κ1) is 21.7. The number of carbonyl (C=O) groups excluding carboxylic acids is 1. The second kappa shape index (κ2) is 10.2. The van der Waals surface area contributed by atoms with E-state index in [9.17, 15) is 4.79 Å². The van der Waals surface area contributed by atoms with Crippen LogP contribution in [0.2, 0.25) is 0 Å². The van der Waals surface area contributed by atoms with Gasteiger partial charge in [-0.25, -0.2) is 0 Å². The van der Waals surface area contributed by atoms with Gasteiger partial charge in [0.05, 0.1) is 25.7 Å². The molecule has 4 rings (SSSR count). The van der Waals surface area contributed by atoms with E-state index in [0.717, 1.165) is 22.4 Å². The first-order valence-electron chi connectivity index (χ1n) is 10.2. The zero-order valence-corrected chi connectivity index (χ0v) is 18.8. The van der Waals surface area contributed by atoms with Gasteiger partial charge in [-0.15, -0.1) is 10.2 Å². The van der Waals surface area contributed by atoms with E-state index in [4.69, 9.17) is 9.15 Å². The molecule has 2 aromatic carbocycles. The highest BCUT2D eigenvalue weighted by molar-refractivity contribution is 7.99. The molecule has 7 nitrogen and oxygen atoms in total. The number of carbonyl (C=O) groups is 1. The molecule has 1 N–H and O–H groups in total. The van der Waals surface area contributed by atoms with Crippen LogP contribution in [0, 0.1) is 6.92 Å². The minimum Gasteiger partial charge on any atom is -0.496 e. The van der Waals surface area contributed by atoms with Crippen LogP contribution in [0.5, 0.6) is 5.75 Å². The van der Waals surface area contributed by atoms with E-state index in [2.05, 4.69) is 15.5 Å². The van der Waals surface area contributed by atoms with Crippen LogP contribution >= 0.6 is 11.8 Å². The second-order valence-electron chi connectivity index (χ2n) is 7.22. The summed E-state index contributed by atoms with van der Waals surface area (Å²) in [7, 11) is 1.64. The first-order chi connectivity index (χ1) is 15.6. The number of methoxy groups -OCH3 is 1. The number of nitrogens with zero attached hydrogens (tertiary/aromatic N) is 3. The molecule has 0 spiro atoms. The molecule has 4 aromatic rings. The van der Waals surface area contributed by atoms with Gasteiger partial charge in [0.25, 0.3) is 0 Å². The van der Waals surface area contributed by atoms with Crippen LogP contribution < -0.4 is 10.1 Å². The van der Waals surface area contributed by atoms with Gasteiger partial charge in [0.15, 0.2) is 10.9 Å². The van der Waals surface area contributed by atoms with Gasteiger partial charge in [0.2, 0.25) is 11.7 Å². The molecule has 0 saturated carbocycles. The predicted octanol–water partition coefficient (Wildman–Crippen LogP) is 4.31. The average Bonchev–Trinajstić information content (AvgIpc) is 3.48. The zero-order chi connectivity index (χ0) is 22.3. The molecular weight excluding hydrogens is 424 g/mol. The van der Waals surface area contributed by atoms with Gasteiger partial charge >= 0.3 is 0 Å². The van der Waals surface area contributed by atoms with Crippen molar-refractivity contribution in [2.24, 2.45) is 0 Å². The highest BCUT2D eigenvalue weighted by atomic mass is 32.2. The second-order valence-corrected chi connectivity index (χ2v) is 8.17. The molecule has 0 radical (unpaired) electrons. The van der Waals surface area contributed by atoms with E-state index < -0.39 is 0 Å². The summed E-state index contributed by atoms with van der Waals surface area (Å²) >= 11 is 1.35. The summed E-state index contributed by atoms with van der Waals surface area (Å²) in [6.07, 6.45) is 1.61. The molecule has 32 heavy (non-hydrogen) atoms. The number of rotatable bonds is 9. The fourth-order valence-electron chi connectivity index (χ4n) is 3.25. The Labute approximate surface area is 190 Å². The van der Waals surface area contributed by atoms with Crippen molar-refractivity contribution < 1.29 is 13.9 Å². The van der Waals surface area contributed by atoms with Crippen molar-refractivity contribution in [3.8, 4) is 17.3 Å². The Morgan fingerprint density at radius 3 is 2.69 bits per heavy atom. The van der Waals surface area contributed by atoms with Gasteiger partial charge in [-0.1, -0.05) is 54.2 Å². The summed E-state index contributed by atoms with van der Waals surface area (Å²) in [5.41, 5.74) is 3.15. The van der Waals surface area contributed by atoms with Gasteiger partial charge in [0, 0.05) is 6.54 Å². The van der Waals surface area contributed by atoms with Crippen molar-refractivity contribution in [1.29, 1.82) is 0 Å². The van der Waals surface area contributed by atoms with E-state index in [0.29, 0.717) is 29.8 Å². The number of hydrogen-bond acceptors (Lipinski definition) is 6. The Balaban J connectivity index is 1.43. The van der Waals surface area contributed by atoms with Crippen molar-refractivity contribution in [3.05, 3.63) is 83.6 Å². The molecule has 0 aliphatic heterocycles. The Morgan fingerprint density at radius 2 is 1.94 bits per heavy atom. The van der Waals surface area contributed by atoms with Crippen molar-refractivity contribution in [1.82, 2.24) is 20.1 Å². The van der Waals surface area contributed by atoms with Gasteiger partial charge in [-0.3, -0.25) is 9.36 Å². The third kappa shape index (κ3) is 5.20. The molecule has 0 aliphatic carbocycles. The third-order valence-electron chi connectivity index (χ3n) is 4.94. The molecule has 8 heteroatoms. The number of ether oxygens (including phenoxy) is 1. The predicted molar refractivity (Wildman–Crippen MR) is 124 cm³/mol. The van der Waals surface area contributed by atoms with Crippen LogP contribution in [0.4, 0.5) is 0 Å². The number of nitrogens with one attached hydrogen (secondary N) is 1. The van der Waals surface area contributed by atoms with Crippen LogP contribution in [0.3, 0.4) is 0 Å². The van der Waals surface area contributed by atoms with E-state index in [1.807, 2.05) is 72.2 Å². The van der Waals surface area contributed by atoms with Crippen LogP contribution in [0.1, 0.15) is 16.7 Å². The quantitative estimate of drug-likeness (QED) is 0.384. The zero-order valence-electron chi connectivity index (χ0n) is 17.9. The normalized spacial score (nSPS) is 10.8. The number of amides is 1. The highest BCUT2D eigenvalue weighted by Gasteiger charge is 2.18. The number of aromatic nitrogens is 3. The maximum atomic E-state index is 12.5. The van der Waals surface area contributed by atoms with Crippen LogP contribution in [0.15, 0.2) is 76.5 Å². The Bertz CT molecular complexity index is 1170. The molecule has 2 heterocycles. The van der Waals surface area contributed by atoms with Gasteiger partial charge < -0.3 is 14.5 Å². The lowest BCUT2D eigenvalue weighted by Crippen LogP contribution is -2.24. The van der Waals surface area contributed by atoms with Crippen molar-refractivity contribution >= 4 is 17.7 Å². The van der Waals surface area contributed by atoms with E-state index in [1.54, 1.807) is 13.4 Å². The van der Waals surface area contributed by atoms with Gasteiger partial charge in [-0.2, -0.15) is 0 Å². The lowest BCUT2D eigenvalue weighted by atomic mass is 10.1. The van der Waals surface area contributed by atoms with E-state index in [-0.39, 0.29) is 11.7 Å². The Hall–Kier alpha value is -3.52. The largest absolute Gasteiger partial charge is 0.496 e. The molecule has 0 unspecified atom stereocenters. The lowest BCUT2D eigenvalue weighted by molar-refractivity contribution is -0.118. The Morgan fingerprint density at radius 1 is 1.09 bits per heavy atom. The molecule has 0 aliphatic rings. The minimum absolute atomic E-state index is 0.0802. The smallest absolute Gasteiger partial charge is 0.230 e. The topological polar surface area (TPSA) is 82.2 Å². The molecule has 0 bridgehead atoms. The van der Waals surface area contributed by atoms with E-state index in [1.165, 1.54) is 11.8 Å². The summed E-state index contributed by atoms with van der Waals surface area (Å²) < 4.78 is 12.8. The molecule has 0 atom stereocenters. The molecule has 0 saturated heterocycles. The fourth-order valence-corrected chi connectivity index (χ4v) is 4.02. The molecule has 2 aromatic heterocycles. The van der Waals surface area contributed by atoms with E-state index >= 15 is 0 Å².